The summed E-state index contributed by atoms with van der Waals surface area (Å²) >= 11 is 0. The lowest BCUT2D eigenvalue weighted by atomic mass is 9.84. The van der Waals surface area contributed by atoms with Crippen LogP contribution < -0.4 is 5.32 Å². The van der Waals surface area contributed by atoms with Crippen LogP contribution in [0.5, 0.6) is 0 Å². The Bertz CT molecular complexity index is 742. The average Bonchev–Trinajstić information content (AvgIpc) is 2.74. The fraction of sp³-hybridized carbons (Fsp3) is 0.684. The number of sulfonamides is 1. The predicted molar refractivity (Wildman–Crippen MR) is 103 cm³/mol. The highest BCUT2D eigenvalue weighted by atomic mass is 32.2. The molecule has 8 nitrogen and oxygen atoms in total. The molecular weight excluding hydrogens is 382 g/mol. The number of hydrogen-bond acceptors (Lipinski definition) is 6. The molecule has 9 heteroatoms. The van der Waals surface area contributed by atoms with Crippen LogP contribution >= 0.6 is 0 Å². The minimum Gasteiger partial charge on any atom is -0.385 e. The summed E-state index contributed by atoms with van der Waals surface area (Å²) in [6.45, 7) is 2.45. The van der Waals surface area contributed by atoms with E-state index < -0.39 is 15.6 Å². The highest BCUT2D eigenvalue weighted by Crippen LogP contribution is 2.30. The van der Waals surface area contributed by atoms with Gasteiger partial charge in [-0.3, -0.25) is 9.78 Å². The summed E-state index contributed by atoms with van der Waals surface area (Å²) in [5.41, 5.74) is -0.438. The van der Waals surface area contributed by atoms with Crippen LogP contribution in [0, 0.1) is 5.92 Å². The monoisotopic (exact) mass is 411 g/mol. The van der Waals surface area contributed by atoms with Crippen molar-refractivity contribution in [3.8, 4) is 0 Å². The number of hydrogen-bond donors (Lipinski definition) is 1. The topological polar surface area (TPSA) is 97.8 Å². The summed E-state index contributed by atoms with van der Waals surface area (Å²) in [5.74, 6) is 0.00768. The molecule has 0 saturated carbocycles. The van der Waals surface area contributed by atoms with E-state index in [9.17, 15) is 13.2 Å². The number of nitrogens with one attached hydrogen (secondary N) is 1. The van der Waals surface area contributed by atoms with E-state index >= 15 is 0 Å². The van der Waals surface area contributed by atoms with Crippen LogP contribution in [0.1, 0.15) is 32.1 Å². The van der Waals surface area contributed by atoms with E-state index in [1.54, 1.807) is 25.4 Å². The number of nitrogens with zero attached hydrogens (tertiary/aromatic N) is 2. The first-order valence-electron chi connectivity index (χ1n) is 9.76. The van der Waals surface area contributed by atoms with E-state index in [0.29, 0.717) is 52.2 Å². The Balaban J connectivity index is 1.68. The molecule has 3 heterocycles. The van der Waals surface area contributed by atoms with Gasteiger partial charge in [0.15, 0.2) is 0 Å². The first-order valence-corrected chi connectivity index (χ1v) is 11.2. The molecule has 156 valence electrons. The second kappa shape index (κ2) is 9.30. The molecule has 0 spiro atoms. The molecule has 0 atom stereocenters. The molecule has 1 N–H and O–H groups in total. The third kappa shape index (κ3) is 4.89. The summed E-state index contributed by atoms with van der Waals surface area (Å²) in [5, 5.41) is 3.24. The number of methoxy groups -OCH3 is 1. The fourth-order valence-electron chi connectivity index (χ4n) is 3.86. The van der Waals surface area contributed by atoms with Crippen molar-refractivity contribution in [3.05, 3.63) is 24.5 Å². The average molecular weight is 412 g/mol. The number of piperidine rings is 1. The van der Waals surface area contributed by atoms with Crippen molar-refractivity contribution >= 4 is 15.9 Å². The maximum atomic E-state index is 12.8. The molecule has 0 unspecified atom stereocenters. The summed E-state index contributed by atoms with van der Waals surface area (Å²) < 4.78 is 37.8. The maximum Gasteiger partial charge on any atom is 0.244 e. The van der Waals surface area contributed by atoms with E-state index in [1.807, 2.05) is 0 Å². The standard InChI is InChI=1S/C19H29N3O5S/c1-26-14-8-19(21-18(23)16-4-12-27-13-5-16)6-10-22(11-7-19)28(24,25)17-3-2-9-20-15-17/h2-3,9,15-16H,4-8,10-14H2,1H3,(H,21,23). The molecule has 28 heavy (non-hydrogen) atoms. The maximum absolute atomic E-state index is 12.8. The molecule has 1 amide bonds. The van der Waals surface area contributed by atoms with Crippen LogP contribution in [0.4, 0.5) is 0 Å². The van der Waals surface area contributed by atoms with Crippen LogP contribution in [0.3, 0.4) is 0 Å². The normalized spacial score (nSPS) is 21.3. The summed E-state index contributed by atoms with van der Waals surface area (Å²) in [7, 11) is -1.94. The lowest BCUT2D eigenvalue weighted by molar-refractivity contribution is -0.130. The molecular formula is C19H29N3O5S. The Morgan fingerprint density at radius 2 is 2.07 bits per heavy atom. The van der Waals surface area contributed by atoms with Crippen LogP contribution in [0.2, 0.25) is 0 Å². The molecule has 0 aromatic carbocycles. The Labute approximate surface area is 166 Å². The van der Waals surface area contributed by atoms with Crippen LogP contribution in [0.15, 0.2) is 29.4 Å². The summed E-state index contributed by atoms with van der Waals surface area (Å²) in [4.78, 5) is 16.9. The van der Waals surface area contributed by atoms with E-state index in [2.05, 4.69) is 10.3 Å². The molecule has 2 aliphatic heterocycles. The van der Waals surface area contributed by atoms with Crippen molar-refractivity contribution in [1.29, 1.82) is 0 Å². The third-order valence-corrected chi connectivity index (χ3v) is 7.60. The van der Waals surface area contributed by atoms with Gasteiger partial charge in [-0.25, -0.2) is 8.42 Å². The van der Waals surface area contributed by atoms with E-state index in [1.165, 1.54) is 10.5 Å². The summed E-state index contributed by atoms with van der Waals surface area (Å²) in [6, 6.07) is 3.18. The van der Waals surface area contributed by atoms with Gasteiger partial charge in [-0.05, 0) is 44.2 Å². The first-order chi connectivity index (χ1) is 13.5. The summed E-state index contributed by atoms with van der Waals surface area (Å²) in [6.07, 6.45) is 6.17. The second-order valence-corrected chi connectivity index (χ2v) is 9.43. The minimum absolute atomic E-state index is 0.0367. The zero-order valence-electron chi connectivity index (χ0n) is 16.3. The Kier molecular flexibility index (Phi) is 7.03. The van der Waals surface area contributed by atoms with E-state index in [4.69, 9.17) is 9.47 Å². The first kappa shape index (κ1) is 21.2. The van der Waals surface area contributed by atoms with Crippen molar-refractivity contribution in [2.75, 3.05) is 40.0 Å². The molecule has 0 aliphatic carbocycles. The Morgan fingerprint density at radius 1 is 1.36 bits per heavy atom. The van der Waals surface area contributed by atoms with Gasteiger partial charge in [-0.15, -0.1) is 0 Å². The highest BCUT2D eigenvalue weighted by molar-refractivity contribution is 7.89. The van der Waals surface area contributed by atoms with Crippen LogP contribution in [-0.2, 0) is 24.3 Å². The van der Waals surface area contributed by atoms with Crippen molar-refractivity contribution in [3.63, 3.8) is 0 Å². The zero-order valence-corrected chi connectivity index (χ0v) is 17.1. The zero-order chi connectivity index (χ0) is 20.0. The van der Waals surface area contributed by atoms with Crippen molar-refractivity contribution in [2.45, 2.75) is 42.5 Å². The lowest BCUT2D eigenvalue weighted by Gasteiger charge is -2.42. The van der Waals surface area contributed by atoms with E-state index in [-0.39, 0.29) is 16.7 Å². The third-order valence-electron chi connectivity index (χ3n) is 5.72. The molecule has 1 aromatic rings. The van der Waals surface area contributed by atoms with Gasteiger partial charge in [0.05, 0.1) is 0 Å². The number of aromatic nitrogens is 1. The number of ether oxygens (including phenoxy) is 2. The number of carbonyl (C=O) groups excluding carboxylic acids is 1. The van der Waals surface area contributed by atoms with Crippen molar-refractivity contribution in [1.82, 2.24) is 14.6 Å². The lowest BCUT2D eigenvalue weighted by Crippen LogP contribution is -2.57. The number of pyridine rings is 1. The van der Waals surface area contributed by atoms with E-state index in [0.717, 1.165) is 12.8 Å². The van der Waals surface area contributed by atoms with Gasteiger partial charge in [-0.1, -0.05) is 0 Å². The smallest absolute Gasteiger partial charge is 0.244 e. The minimum atomic E-state index is -3.57. The largest absolute Gasteiger partial charge is 0.385 e. The van der Waals surface area contributed by atoms with Crippen molar-refractivity contribution < 1.29 is 22.7 Å². The molecule has 0 radical (unpaired) electrons. The highest BCUT2D eigenvalue weighted by Gasteiger charge is 2.40. The molecule has 2 saturated heterocycles. The molecule has 0 bridgehead atoms. The Hall–Kier alpha value is -1.55. The van der Waals surface area contributed by atoms with Crippen LogP contribution in [-0.4, -0.2) is 69.2 Å². The second-order valence-electron chi connectivity index (χ2n) is 7.49. The van der Waals surface area contributed by atoms with Gasteiger partial charge in [0.2, 0.25) is 15.9 Å². The fourth-order valence-corrected chi connectivity index (χ4v) is 5.27. The van der Waals surface area contributed by atoms with Gasteiger partial charge in [0.25, 0.3) is 0 Å². The van der Waals surface area contributed by atoms with Gasteiger partial charge in [0, 0.05) is 63.9 Å². The predicted octanol–water partition coefficient (Wildman–Crippen LogP) is 1.18. The van der Waals surface area contributed by atoms with Crippen LogP contribution in [0.25, 0.3) is 0 Å². The quantitative estimate of drug-likeness (QED) is 0.724. The Morgan fingerprint density at radius 3 is 2.68 bits per heavy atom. The number of rotatable bonds is 7. The van der Waals surface area contributed by atoms with Gasteiger partial charge in [0.1, 0.15) is 4.90 Å². The van der Waals surface area contributed by atoms with Crippen molar-refractivity contribution in [2.24, 2.45) is 5.92 Å². The molecule has 1 aromatic heterocycles. The number of carbonyl (C=O) groups is 1. The number of amides is 1. The molecule has 2 aliphatic rings. The van der Waals surface area contributed by atoms with Gasteiger partial charge >= 0.3 is 0 Å². The van der Waals surface area contributed by atoms with Gasteiger partial charge < -0.3 is 14.8 Å². The molecule has 3 rings (SSSR count). The van der Waals surface area contributed by atoms with Gasteiger partial charge in [-0.2, -0.15) is 4.31 Å². The SMILES string of the molecule is COCCC1(NC(=O)C2CCOCC2)CCN(S(=O)(=O)c2cccnc2)CC1. The molecule has 2 fully saturated rings.